The number of carboxylic acid groups (broad SMARTS) is 1. The average molecular weight is 326 g/mol. The molecule has 1 unspecified atom stereocenters. The first-order valence-electron chi connectivity index (χ1n) is 7.81. The summed E-state index contributed by atoms with van der Waals surface area (Å²) in [5.74, 6) is -1.43. The number of carbonyl (C=O) groups is 2. The zero-order chi connectivity index (χ0) is 17.5. The zero-order valence-electron chi connectivity index (χ0n) is 13.9. The van der Waals surface area contributed by atoms with Gasteiger partial charge in [0.1, 0.15) is 6.04 Å². The summed E-state index contributed by atoms with van der Waals surface area (Å²) >= 11 is 0. The van der Waals surface area contributed by atoms with Gasteiger partial charge < -0.3 is 10.4 Å². The maximum absolute atomic E-state index is 12.1. The van der Waals surface area contributed by atoms with Gasteiger partial charge in [-0.25, -0.2) is 0 Å². The van der Waals surface area contributed by atoms with Gasteiger partial charge in [-0.05, 0) is 37.2 Å². The first-order valence-corrected chi connectivity index (χ1v) is 7.81. The normalized spacial score (nSPS) is 12.0. The molecular formula is C19H22N2O3. The summed E-state index contributed by atoms with van der Waals surface area (Å²) in [6.45, 7) is 2.95. The summed E-state index contributed by atoms with van der Waals surface area (Å²) < 4.78 is 0. The van der Waals surface area contributed by atoms with Gasteiger partial charge in [0.05, 0.1) is 0 Å². The number of benzene rings is 2. The van der Waals surface area contributed by atoms with E-state index in [9.17, 15) is 9.59 Å². The van der Waals surface area contributed by atoms with E-state index in [2.05, 4.69) is 22.3 Å². The van der Waals surface area contributed by atoms with Gasteiger partial charge in [-0.2, -0.15) is 0 Å². The van der Waals surface area contributed by atoms with Crippen LogP contribution < -0.4 is 5.32 Å². The molecule has 0 heterocycles. The van der Waals surface area contributed by atoms with Crippen LogP contribution in [-0.2, 0) is 17.9 Å². The highest BCUT2D eigenvalue weighted by Gasteiger charge is 2.15. The fourth-order valence-electron chi connectivity index (χ4n) is 2.42. The number of rotatable bonds is 7. The summed E-state index contributed by atoms with van der Waals surface area (Å²) in [5, 5.41) is 11.3. The minimum Gasteiger partial charge on any atom is -0.480 e. The molecule has 0 bridgehead atoms. The lowest BCUT2D eigenvalue weighted by molar-refractivity contribution is -0.138. The molecule has 2 aromatic carbocycles. The monoisotopic (exact) mass is 326 g/mol. The van der Waals surface area contributed by atoms with Crippen LogP contribution in [0.25, 0.3) is 0 Å². The van der Waals surface area contributed by atoms with E-state index < -0.39 is 12.0 Å². The van der Waals surface area contributed by atoms with Crippen molar-refractivity contribution < 1.29 is 14.7 Å². The van der Waals surface area contributed by atoms with Crippen LogP contribution in [-0.4, -0.2) is 35.0 Å². The van der Waals surface area contributed by atoms with Gasteiger partial charge >= 0.3 is 5.97 Å². The summed E-state index contributed by atoms with van der Waals surface area (Å²) in [7, 11) is 2.02. The van der Waals surface area contributed by atoms with Gasteiger partial charge in [-0.3, -0.25) is 14.5 Å². The van der Waals surface area contributed by atoms with Gasteiger partial charge in [0.2, 0.25) is 0 Å². The van der Waals surface area contributed by atoms with Gasteiger partial charge in [0.15, 0.2) is 0 Å². The molecule has 24 heavy (non-hydrogen) atoms. The van der Waals surface area contributed by atoms with Crippen LogP contribution in [0.1, 0.15) is 28.4 Å². The Bertz CT molecular complexity index is 701. The van der Waals surface area contributed by atoms with E-state index in [1.165, 1.54) is 12.5 Å². The summed E-state index contributed by atoms with van der Waals surface area (Å²) in [6, 6.07) is 16.5. The molecule has 2 rings (SSSR count). The molecule has 1 amide bonds. The van der Waals surface area contributed by atoms with E-state index in [0.29, 0.717) is 12.1 Å². The van der Waals surface area contributed by atoms with Crippen molar-refractivity contribution in [2.24, 2.45) is 0 Å². The van der Waals surface area contributed by atoms with Crippen LogP contribution in [0, 0.1) is 0 Å². The Kier molecular flexibility index (Phi) is 6.09. The SMILES string of the molecule is CC(NC(=O)c1cccc(CN(C)Cc2ccccc2)c1)C(=O)O. The van der Waals surface area contributed by atoms with E-state index >= 15 is 0 Å². The van der Waals surface area contributed by atoms with Crippen molar-refractivity contribution in [1.29, 1.82) is 0 Å². The van der Waals surface area contributed by atoms with E-state index in [-0.39, 0.29) is 5.91 Å². The number of nitrogens with zero attached hydrogens (tertiary/aromatic N) is 1. The van der Waals surface area contributed by atoms with E-state index in [0.717, 1.165) is 12.1 Å². The highest BCUT2D eigenvalue weighted by Crippen LogP contribution is 2.10. The molecule has 0 aliphatic heterocycles. The Hall–Kier alpha value is -2.66. The van der Waals surface area contributed by atoms with E-state index in [4.69, 9.17) is 5.11 Å². The molecule has 5 nitrogen and oxygen atoms in total. The second-order valence-electron chi connectivity index (χ2n) is 5.89. The molecule has 1 atom stereocenters. The quantitative estimate of drug-likeness (QED) is 0.820. The molecular weight excluding hydrogens is 304 g/mol. The maximum atomic E-state index is 12.1. The molecule has 0 aromatic heterocycles. The van der Waals surface area contributed by atoms with Crippen LogP contribution in [0.3, 0.4) is 0 Å². The molecule has 0 spiro atoms. The van der Waals surface area contributed by atoms with Crippen molar-refractivity contribution >= 4 is 11.9 Å². The largest absolute Gasteiger partial charge is 0.480 e. The molecule has 126 valence electrons. The number of carbonyl (C=O) groups excluding carboxylic acids is 1. The minimum absolute atomic E-state index is 0.377. The number of nitrogens with one attached hydrogen (secondary N) is 1. The van der Waals surface area contributed by atoms with E-state index in [1.54, 1.807) is 12.1 Å². The molecule has 0 saturated heterocycles. The average Bonchev–Trinajstić information content (AvgIpc) is 2.55. The third-order valence-electron chi connectivity index (χ3n) is 3.66. The summed E-state index contributed by atoms with van der Waals surface area (Å²) in [4.78, 5) is 25.1. The highest BCUT2D eigenvalue weighted by molar-refractivity contribution is 5.96. The first-order chi connectivity index (χ1) is 11.5. The van der Waals surface area contributed by atoms with Crippen molar-refractivity contribution in [2.75, 3.05) is 7.05 Å². The Morgan fingerprint density at radius 1 is 1.04 bits per heavy atom. The molecule has 2 aromatic rings. The minimum atomic E-state index is -1.05. The van der Waals surface area contributed by atoms with Gasteiger partial charge in [-0.15, -0.1) is 0 Å². The molecule has 0 fully saturated rings. The van der Waals surface area contributed by atoms with Crippen LogP contribution >= 0.6 is 0 Å². The Morgan fingerprint density at radius 3 is 2.33 bits per heavy atom. The molecule has 2 N–H and O–H groups in total. The molecule has 5 heteroatoms. The van der Waals surface area contributed by atoms with Crippen molar-refractivity contribution in [2.45, 2.75) is 26.1 Å². The smallest absolute Gasteiger partial charge is 0.325 e. The first kappa shape index (κ1) is 17.7. The number of aliphatic carboxylic acids is 1. The number of hydrogen-bond donors (Lipinski definition) is 2. The van der Waals surface area contributed by atoms with E-state index in [1.807, 2.05) is 37.4 Å². The third kappa shape index (κ3) is 5.21. The number of hydrogen-bond acceptors (Lipinski definition) is 3. The topological polar surface area (TPSA) is 69.6 Å². The molecule has 0 aliphatic rings. The van der Waals surface area contributed by atoms with Crippen molar-refractivity contribution in [1.82, 2.24) is 10.2 Å². The van der Waals surface area contributed by atoms with Crippen molar-refractivity contribution in [3.8, 4) is 0 Å². The lowest BCUT2D eigenvalue weighted by Gasteiger charge is -2.17. The predicted octanol–water partition coefficient (Wildman–Crippen LogP) is 2.52. The van der Waals surface area contributed by atoms with Crippen molar-refractivity contribution in [3.05, 3.63) is 71.3 Å². The van der Waals surface area contributed by atoms with Crippen LogP contribution in [0.5, 0.6) is 0 Å². The second kappa shape index (κ2) is 8.26. The van der Waals surface area contributed by atoms with Gasteiger partial charge in [0, 0.05) is 18.7 Å². The molecule has 0 aliphatic carbocycles. The lowest BCUT2D eigenvalue weighted by Crippen LogP contribution is -2.38. The summed E-state index contributed by atoms with van der Waals surface area (Å²) in [5.41, 5.74) is 2.70. The van der Waals surface area contributed by atoms with Gasteiger partial charge in [-0.1, -0.05) is 42.5 Å². The van der Waals surface area contributed by atoms with Crippen molar-refractivity contribution in [3.63, 3.8) is 0 Å². The predicted molar refractivity (Wildman–Crippen MR) is 92.6 cm³/mol. The molecule has 0 radical (unpaired) electrons. The lowest BCUT2D eigenvalue weighted by atomic mass is 10.1. The molecule has 0 saturated carbocycles. The zero-order valence-corrected chi connectivity index (χ0v) is 13.9. The van der Waals surface area contributed by atoms with Gasteiger partial charge in [0.25, 0.3) is 5.91 Å². The summed E-state index contributed by atoms with van der Waals surface area (Å²) in [6.07, 6.45) is 0. The fraction of sp³-hybridized carbons (Fsp3) is 0.263. The van der Waals surface area contributed by atoms with Crippen LogP contribution in [0.15, 0.2) is 54.6 Å². The van der Waals surface area contributed by atoms with Crippen LogP contribution in [0.4, 0.5) is 0 Å². The standard InChI is InChI=1S/C19H22N2O3/c1-14(19(23)24)20-18(22)17-10-6-9-16(11-17)13-21(2)12-15-7-4-3-5-8-15/h3-11,14H,12-13H2,1-2H3,(H,20,22)(H,23,24). The highest BCUT2D eigenvalue weighted by atomic mass is 16.4. The maximum Gasteiger partial charge on any atom is 0.325 e. The number of carboxylic acids is 1. The Morgan fingerprint density at radius 2 is 1.67 bits per heavy atom. The second-order valence-corrected chi connectivity index (χ2v) is 5.89. The Labute approximate surface area is 141 Å². The van der Waals surface area contributed by atoms with Crippen LogP contribution in [0.2, 0.25) is 0 Å². The third-order valence-corrected chi connectivity index (χ3v) is 3.66. The number of amides is 1. The Balaban J connectivity index is 1.99. The fourth-order valence-corrected chi connectivity index (χ4v) is 2.42.